The van der Waals surface area contributed by atoms with Gasteiger partial charge in [-0.1, -0.05) is 13.8 Å². The van der Waals surface area contributed by atoms with Gasteiger partial charge in [0.15, 0.2) is 0 Å². The van der Waals surface area contributed by atoms with Crippen LogP contribution >= 0.6 is 0 Å². The minimum Gasteiger partial charge on any atom is -0.478 e. The van der Waals surface area contributed by atoms with Crippen LogP contribution in [0.2, 0.25) is 0 Å². The second-order valence-electron chi connectivity index (χ2n) is 5.25. The molecule has 1 aromatic rings. The van der Waals surface area contributed by atoms with Gasteiger partial charge < -0.3 is 10.0 Å². The Morgan fingerprint density at radius 3 is 2.67 bits per heavy atom. The Balaban J connectivity index is 2.12. The second kappa shape index (κ2) is 5.38. The highest BCUT2D eigenvalue weighted by molar-refractivity contribution is 5.93. The number of carbonyl (C=O) groups is 1. The molecule has 4 heteroatoms. The van der Waals surface area contributed by atoms with E-state index in [0.29, 0.717) is 17.3 Å². The predicted octanol–water partition coefficient (Wildman–Crippen LogP) is 2.65. The summed E-state index contributed by atoms with van der Waals surface area (Å²) < 4.78 is 0. The van der Waals surface area contributed by atoms with Crippen LogP contribution in [0.25, 0.3) is 0 Å². The summed E-state index contributed by atoms with van der Waals surface area (Å²) in [4.78, 5) is 17.5. The molecule has 1 N–H and O–H groups in total. The maximum Gasteiger partial charge on any atom is 0.339 e. The largest absolute Gasteiger partial charge is 0.478 e. The van der Waals surface area contributed by atoms with Crippen LogP contribution in [0.4, 0.5) is 5.82 Å². The van der Waals surface area contributed by atoms with Crippen molar-refractivity contribution in [2.75, 3.05) is 18.0 Å². The molecule has 2 heterocycles. The van der Waals surface area contributed by atoms with Crippen LogP contribution in [0.1, 0.15) is 37.0 Å². The summed E-state index contributed by atoms with van der Waals surface area (Å²) in [7, 11) is 0. The molecular weight excluding hydrogens is 228 g/mol. The molecule has 4 nitrogen and oxygen atoms in total. The summed E-state index contributed by atoms with van der Waals surface area (Å²) in [6, 6.07) is 3.30. The fourth-order valence-corrected chi connectivity index (χ4v) is 2.59. The van der Waals surface area contributed by atoms with E-state index in [1.165, 1.54) is 0 Å². The van der Waals surface area contributed by atoms with Gasteiger partial charge in [-0.2, -0.15) is 0 Å². The third-order valence-corrected chi connectivity index (χ3v) is 3.80. The molecule has 0 aromatic carbocycles. The summed E-state index contributed by atoms with van der Waals surface area (Å²) in [6.45, 7) is 6.31. The first-order valence-corrected chi connectivity index (χ1v) is 6.53. The number of aromatic carboxylic acids is 1. The number of carboxylic acid groups (broad SMARTS) is 1. The van der Waals surface area contributed by atoms with Crippen molar-refractivity contribution in [3.8, 4) is 0 Å². The highest BCUT2D eigenvalue weighted by atomic mass is 16.4. The van der Waals surface area contributed by atoms with E-state index in [1.807, 2.05) is 0 Å². The summed E-state index contributed by atoms with van der Waals surface area (Å²) >= 11 is 0. The van der Waals surface area contributed by atoms with Crippen molar-refractivity contribution in [3.63, 3.8) is 0 Å². The third kappa shape index (κ3) is 2.63. The monoisotopic (exact) mass is 248 g/mol. The fourth-order valence-electron chi connectivity index (χ4n) is 2.59. The van der Waals surface area contributed by atoms with Gasteiger partial charge >= 0.3 is 5.97 Å². The zero-order valence-electron chi connectivity index (χ0n) is 11.0. The van der Waals surface area contributed by atoms with E-state index >= 15 is 0 Å². The van der Waals surface area contributed by atoms with Crippen molar-refractivity contribution in [2.24, 2.45) is 11.8 Å². The Kier molecular flexibility index (Phi) is 3.84. The fraction of sp³-hybridized carbons (Fsp3) is 0.571. The lowest BCUT2D eigenvalue weighted by Crippen LogP contribution is -2.36. The van der Waals surface area contributed by atoms with E-state index in [9.17, 15) is 4.79 Å². The minimum atomic E-state index is -0.899. The average Bonchev–Trinajstić information content (AvgIpc) is 2.39. The van der Waals surface area contributed by atoms with Crippen molar-refractivity contribution < 1.29 is 9.90 Å². The van der Waals surface area contributed by atoms with Gasteiger partial charge in [0.1, 0.15) is 11.4 Å². The number of nitrogens with zero attached hydrogens (tertiary/aromatic N) is 2. The van der Waals surface area contributed by atoms with Gasteiger partial charge in [-0.25, -0.2) is 9.78 Å². The van der Waals surface area contributed by atoms with Gasteiger partial charge in [-0.15, -0.1) is 0 Å². The maximum absolute atomic E-state index is 11.2. The second-order valence-corrected chi connectivity index (χ2v) is 5.25. The first-order valence-electron chi connectivity index (χ1n) is 6.53. The van der Waals surface area contributed by atoms with Gasteiger partial charge in [-0.05, 0) is 36.8 Å². The molecule has 0 unspecified atom stereocenters. The molecule has 1 aromatic heterocycles. The molecule has 1 aliphatic heterocycles. The lowest BCUT2D eigenvalue weighted by molar-refractivity contribution is 0.0697. The van der Waals surface area contributed by atoms with E-state index in [0.717, 1.165) is 31.8 Å². The number of aromatic nitrogens is 1. The molecular formula is C14H20N2O2. The van der Waals surface area contributed by atoms with Crippen molar-refractivity contribution in [1.29, 1.82) is 0 Å². The molecule has 2 rings (SSSR count). The molecule has 98 valence electrons. The van der Waals surface area contributed by atoms with Gasteiger partial charge in [0, 0.05) is 19.3 Å². The van der Waals surface area contributed by atoms with Gasteiger partial charge in [0.25, 0.3) is 0 Å². The van der Waals surface area contributed by atoms with E-state index < -0.39 is 5.97 Å². The molecule has 0 spiro atoms. The van der Waals surface area contributed by atoms with Crippen LogP contribution in [0.5, 0.6) is 0 Å². The Morgan fingerprint density at radius 2 is 2.11 bits per heavy atom. The molecule has 1 aliphatic rings. The van der Waals surface area contributed by atoms with Crippen LogP contribution < -0.4 is 4.90 Å². The SMILES string of the molecule is CC(C)C1CCN(c2ncccc2C(=O)O)CC1. The molecule has 0 amide bonds. The Morgan fingerprint density at radius 1 is 1.44 bits per heavy atom. The summed E-state index contributed by atoms with van der Waals surface area (Å²) in [5.74, 6) is 1.17. The molecule has 18 heavy (non-hydrogen) atoms. The first kappa shape index (κ1) is 12.9. The van der Waals surface area contributed by atoms with Crippen LogP contribution in [0.15, 0.2) is 18.3 Å². The van der Waals surface area contributed by atoms with Crippen LogP contribution in [0, 0.1) is 11.8 Å². The number of hydrogen-bond acceptors (Lipinski definition) is 3. The zero-order valence-corrected chi connectivity index (χ0v) is 11.0. The Labute approximate surface area is 108 Å². The normalized spacial score (nSPS) is 17.2. The number of rotatable bonds is 3. The first-order chi connectivity index (χ1) is 8.59. The van der Waals surface area contributed by atoms with Crippen molar-refractivity contribution in [2.45, 2.75) is 26.7 Å². The van der Waals surface area contributed by atoms with Crippen LogP contribution in [-0.4, -0.2) is 29.1 Å². The van der Waals surface area contributed by atoms with Gasteiger partial charge in [-0.3, -0.25) is 0 Å². The van der Waals surface area contributed by atoms with E-state index in [2.05, 4.69) is 23.7 Å². The highest BCUT2D eigenvalue weighted by Gasteiger charge is 2.24. The van der Waals surface area contributed by atoms with Gasteiger partial charge in [0.2, 0.25) is 0 Å². The molecule has 1 fully saturated rings. The van der Waals surface area contributed by atoms with Gasteiger partial charge in [0.05, 0.1) is 0 Å². The molecule has 0 radical (unpaired) electrons. The zero-order chi connectivity index (χ0) is 13.1. The summed E-state index contributed by atoms with van der Waals surface area (Å²) in [5, 5.41) is 9.17. The smallest absolute Gasteiger partial charge is 0.339 e. The number of pyridine rings is 1. The number of carboxylic acids is 1. The molecule has 1 saturated heterocycles. The van der Waals surface area contributed by atoms with Crippen LogP contribution in [-0.2, 0) is 0 Å². The third-order valence-electron chi connectivity index (χ3n) is 3.80. The number of anilines is 1. The number of piperidine rings is 1. The molecule has 0 saturated carbocycles. The molecule has 0 aliphatic carbocycles. The average molecular weight is 248 g/mol. The topological polar surface area (TPSA) is 53.4 Å². The number of hydrogen-bond donors (Lipinski definition) is 1. The highest BCUT2D eigenvalue weighted by Crippen LogP contribution is 2.28. The van der Waals surface area contributed by atoms with E-state index in [-0.39, 0.29) is 0 Å². The Bertz CT molecular complexity index is 424. The lowest BCUT2D eigenvalue weighted by atomic mass is 9.86. The molecule has 0 bridgehead atoms. The maximum atomic E-state index is 11.2. The van der Waals surface area contributed by atoms with Crippen LogP contribution in [0.3, 0.4) is 0 Å². The standard InChI is InChI=1S/C14H20N2O2/c1-10(2)11-5-8-16(9-6-11)13-12(14(17)18)4-3-7-15-13/h3-4,7,10-11H,5-6,8-9H2,1-2H3,(H,17,18). The minimum absolute atomic E-state index is 0.306. The van der Waals surface area contributed by atoms with Crippen molar-refractivity contribution in [3.05, 3.63) is 23.9 Å². The van der Waals surface area contributed by atoms with Crippen molar-refractivity contribution in [1.82, 2.24) is 4.98 Å². The lowest BCUT2D eigenvalue weighted by Gasteiger charge is -2.35. The quantitative estimate of drug-likeness (QED) is 0.893. The van der Waals surface area contributed by atoms with E-state index in [1.54, 1.807) is 18.3 Å². The Hall–Kier alpha value is -1.58. The predicted molar refractivity (Wildman–Crippen MR) is 71.0 cm³/mol. The molecule has 0 atom stereocenters. The summed E-state index contributed by atoms with van der Waals surface area (Å²) in [5.41, 5.74) is 0.306. The van der Waals surface area contributed by atoms with Crippen molar-refractivity contribution >= 4 is 11.8 Å². The van der Waals surface area contributed by atoms with E-state index in [4.69, 9.17) is 5.11 Å². The summed E-state index contributed by atoms with van der Waals surface area (Å²) in [6.07, 6.45) is 3.90.